The van der Waals surface area contributed by atoms with E-state index >= 15 is 0 Å². The number of thiazole rings is 1. The molecule has 0 aliphatic carbocycles. The molecule has 6 rings (SSSR count). The van der Waals surface area contributed by atoms with Gasteiger partial charge in [-0.2, -0.15) is 0 Å². The van der Waals surface area contributed by atoms with Gasteiger partial charge in [0.25, 0.3) is 5.56 Å². The highest BCUT2D eigenvalue weighted by atomic mass is 35.5. The van der Waals surface area contributed by atoms with Gasteiger partial charge in [0, 0.05) is 16.1 Å². The highest BCUT2D eigenvalue weighted by Crippen LogP contribution is 2.35. The van der Waals surface area contributed by atoms with Gasteiger partial charge in [-0.25, -0.2) is 14.2 Å². The number of aromatic nitrogens is 1. The van der Waals surface area contributed by atoms with Crippen molar-refractivity contribution in [1.29, 1.82) is 0 Å². The van der Waals surface area contributed by atoms with Gasteiger partial charge in [0.2, 0.25) is 0 Å². The van der Waals surface area contributed by atoms with Crippen molar-refractivity contribution in [2.24, 2.45) is 4.99 Å². The number of benzene rings is 4. The second-order valence-electron chi connectivity index (χ2n) is 10.3. The van der Waals surface area contributed by atoms with Gasteiger partial charge in [0.1, 0.15) is 12.4 Å². The number of carbonyl (C=O) groups excluding carboxylic acids is 1. The molecule has 1 atom stereocenters. The molecule has 0 N–H and O–H groups in total. The molecule has 1 aliphatic rings. The lowest BCUT2D eigenvalue weighted by atomic mass is 9.93. The summed E-state index contributed by atoms with van der Waals surface area (Å²) in [5.41, 5.74) is 2.99. The summed E-state index contributed by atoms with van der Waals surface area (Å²) in [6.45, 7) is 2.10. The van der Waals surface area contributed by atoms with E-state index in [0.29, 0.717) is 48.2 Å². The first-order valence-electron chi connectivity index (χ1n) is 14.5. The fourth-order valence-electron chi connectivity index (χ4n) is 5.22. The Kier molecular flexibility index (Phi) is 9.14. The second kappa shape index (κ2) is 13.6. The van der Waals surface area contributed by atoms with Gasteiger partial charge >= 0.3 is 5.97 Å². The average molecular weight is 655 g/mol. The largest absolute Gasteiger partial charge is 0.493 e. The van der Waals surface area contributed by atoms with Crippen molar-refractivity contribution in [1.82, 2.24) is 4.57 Å². The summed E-state index contributed by atoms with van der Waals surface area (Å²) in [4.78, 5) is 32.9. The van der Waals surface area contributed by atoms with Crippen LogP contribution in [0.5, 0.6) is 11.5 Å². The predicted molar refractivity (Wildman–Crippen MR) is 176 cm³/mol. The molecular formula is C36H28ClFN2O5S. The molecule has 7 nitrogen and oxygen atoms in total. The Morgan fingerprint density at radius 2 is 1.74 bits per heavy atom. The van der Waals surface area contributed by atoms with Gasteiger partial charge in [-0.15, -0.1) is 0 Å². The SMILES string of the molecule is CCOC(=O)C1=C(c2ccccc2)N=c2s/c(=C\c3ccc(OCc4ccccc4Cl)c(OC)c3)c(=O)n2[C@@H]1c1ccc(F)cc1. The number of esters is 1. The van der Waals surface area contributed by atoms with Crippen molar-refractivity contribution < 1.29 is 23.4 Å². The van der Waals surface area contributed by atoms with Crippen molar-refractivity contribution in [3.63, 3.8) is 0 Å². The van der Waals surface area contributed by atoms with Crippen molar-refractivity contribution >= 4 is 40.7 Å². The molecule has 2 heterocycles. The molecular weight excluding hydrogens is 627 g/mol. The Labute approximate surface area is 273 Å². The quantitative estimate of drug-likeness (QED) is 0.174. The molecule has 0 radical (unpaired) electrons. The van der Waals surface area contributed by atoms with E-state index < -0.39 is 17.8 Å². The molecule has 232 valence electrons. The van der Waals surface area contributed by atoms with Crippen LogP contribution in [0.2, 0.25) is 5.02 Å². The first-order chi connectivity index (χ1) is 22.4. The highest BCUT2D eigenvalue weighted by Gasteiger charge is 2.35. The zero-order valence-electron chi connectivity index (χ0n) is 24.9. The van der Waals surface area contributed by atoms with Gasteiger partial charge in [-0.05, 0) is 54.5 Å². The smallest absolute Gasteiger partial charge is 0.338 e. The number of halogens is 2. The fourth-order valence-corrected chi connectivity index (χ4v) is 6.41. The summed E-state index contributed by atoms with van der Waals surface area (Å²) < 4.78 is 32.9. The third kappa shape index (κ3) is 6.24. The van der Waals surface area contributed by atoms with E-state index in [-0.39, 0.29) is 24.3 Å². The van der Waals surface area contributed by atoms with E-state index in [1.807, 2.05) is 54.6 Å². The van der Waals surface area contributed by atoms with E-state index in [1.54, 1.807) is 50.4 Å². The Hall–Kier alpha value is -4.99. The maximum atomic E-state index is 14.1. The van der Waals surface area contributed by atoms with Gasteiger partial charge in [0.15, 0.2) is 16.3 Å². The number of ether oxygens (including phenoxy) is 3. The molecule has 1 aliphatic heterocycles. The predicted octanol–water partition coefficient (Wildman–Crippen LogP) is 6.32. The number of methoxy groups -OCH3 is 1. The van der Waals surface area contributed by atoms with Gasteiger partial charge in [-0.1, -0.05) is 89.7 Å². The molecule has 0 fully saturated rings. The molecule has 0 spiro atoms. The zero-order valence-corrected chi connectivity index (χ0v) is 26.5. The lowest BCUT2D eigenvalue weighted by Gasteiger charge is -2.25. The Bertz CT molecular complexity index is 2120. The van der Waals surface area contributed by atoms with Crippen molar-refractivity contribution in [2.75, 3.05) is 13.7 Å². The molecule has 0 unspecified atom stereocenters. The summed E-state index contributed by atoms with van der Waals surface area (Å²) >= 11 is 7.47. The molecule has 5 aromatic rings. The van der Waals surface area contributed by atoms with Crippen molar-refractivity contribution in [3.8, 4) is 11.5 Å². The lowest BCUT2D eigenvalue weighted by Crippen LogP contribution is -2.40. The van der Waals surface area contributed by atoms with Crippen LogP contribution in [-0.4, -0.2) is 24.3 Å². The first-order valence-corrected chi connectivity index (χ1v) is 15.7. The molecule has 10 heteroatoms. The van der Waals surface area contributed by atoms with E-state index in [9.17, 15) is 14.0 Å². The normalized spacial score (nSPS) is 14.4. The summed E-state index contributed by atoms with van der Waals surface area (Å²) in [6, 6.07) is 26.9. The van der Waals surface area contributed by atoms with E-state index in [4.69, 9.17) is 30.8 Å². The summed E-state index contributed by atoms with van der Waals surface area (Å²) in [5, 5.41) is 0.605. The van der Waals surface area contributed by atoms with Crippen LogP contribution in [0.4, 0.5) is 4.39 Å². The third-order valence-electron chi connectivity index (χ3n) is 7.39. The standard InChI is InChI=1S/C36H28ClFN2O5S/c1-3-44-35(42)31-32(23-9-5-4-6-10-23)39-36-40(33(31)24-14-16-26(38)17-15-24)34(41)30(46-36)20-22-13-18-28(29(19-22)43-2)45-21-25-11-7-8-12-27(25)37/h4-20,33H,3,21H2,1-2H3/b30-20-/t33-/m1/s1. The highest BCUT2D eigenvalue weighted by molar-refractivity contribution is 7.07. The first kappa shape index (κ1) is 31.0. The van der Waals surface area contributed by atoms with Crippen LogP contribution in [0.15, 0.2) is 112 Å². The number of hydrogen-bond acceptors (Lipinski definition) is 7. The second-order valence-corrected chi connectivity index (χ2v) is 11.7. The van der Waals surface area contributed by atoms with Crippen LogP contribution >= 0.6 is 22.9 Å². The van der Waals surface area contributed by atoms with Crippen molar-refractivity contribution in [2.45, 2.75) is 19.6 Å². The van der Waals surface area contributed by atoms with Crippen LogP contribution in [0.3, 0.4) is 0 Å². The van der Waals surface area contributed by atoms with E-state index in [0.717, 1.165) is 5.56 Å². The minimum atomic E-state index is -0.900. The summed E-state index contributed by atoms with van der Waals surface area (Å²) in [7, 11) is 1.54. The van der Waals surface area contributed by atoms with E-state index in [1.165, 1.54) is 28.0 Å². The minimum absolute atomic E-state index is 0.130. The Balaban J connectivity index is 1.47. The molecule has 1 aromatic heterocycles. The minimum Gasteiger partial charge on any atom is -0.493 e. The fraction of sp³-hybridized carbons (Fsp3) is 0.139. The van der Waals surface area contributed by atoms with Crippen LogP contribution in [0.1, 0.15) is 35.2 Å². The monoisotopic (exact) mass is 654 g/mol. The average Bonchev–Trinajstić information content (AvgIpc) is 3.38. The van der Waals surface area contributed by atoms with Gasteiger partial charge in [-0.3, -0.25) is 9.36 Å². The van der Waals surface area contributed by atoms with E-state index in [2.05, 4.69) is 0 Å². The number of nitrogens with zero attached hydrogens (tertiary/aromatic N) is 2. The maximum absolute atomic E-state index is 14.1. The summed E-state index contributed by atoms with van der Waals surface area (Å²) in [6.07, 6.45) is 1.74. The number of fused-ring (bicyclic) bond motifs is 1. The summed E-state index contributed by atoms with van der Waals surface area (Å²) in [5.74, 6) is -0.0437. The maximum Gasteiger partial charge on any atom is 0.338 e. The van der Waals surface area contributed by atoms with Crippen molar-refractivity contribution in [3.05, 3.63) is 155 Å². The van der Waals surface area contributed by atoms with Crippen LogP contribution < -0.4 is 24.4 Å². The van der Waals surface area contributed by atoms with Crippen LogP contribution in [-0.2, 0) is 16.1 Å². The zero-order chi connectivity index (χ0) is 32.2. The van der Waals surface area contributed by atoms with Crippen LogP contribution in [0.25, 0.3) is 11.8 Å². The lowest BCUT2D eigenvalue weighted by molar-refractivity contribution is -0.138. The van der Waals surface area contributed by atoms with Gasteiger partial charge < -0.3 is 14.2 Å². The number of carbonyl (C=O) groups is 1. The number of hydrogen-bond donors (Lipinski definition) is 0. The molecule has 0 bridgehead atoms. The Morgan fingerprint density at radius 1 is 1.00 bits per heavy atom. The Morgan fingerprint density at radius 3 is 2.46 bits per heavy atom. The molecule has 4 aromatic carbocycles. The molecule has 0 saturated heterocycles. The molecule has 46 heavy (non-hydrogen) atoms. The topological polar surface area (TPSA) is 79.1 Å². The molecule has 0 amide bonds. The third-order valence-corrected chi connectivity index (χ3v) is 8.74. The number of rotatable bonds is 9. The van der Waals surface area contributed by atoms with Crippen LogP contribution in [0, 0.1) is 5.82 Å². The van der Waals surface area contributed by atoms with Gasteiger partial charge in [0.05, 0.1) is 35.6 Å². The molecule has 0 saturated carbocycles.